The first-order chi connectivity index (χ1) is 11.1. The molecule has 0 unspecified atom stereocenters. The smallest absolute Gasteiger partial charge is 0.00711 e. The van der Waals surface area contributed by atoms with E-state index in [9.17, 15) is 0 Å². The van der Waals surface area contributed by atoms with Gasteiger partial charge in [-0.1, -0.05) is 93.5 Å². The lowest BCUT2D eigenvalue weighted by atomic mass is 9.75. The highest BCUT2D eigenvalue weighted by molar-refractivity contribution is 7.66. The molecule has 0 atom stereocenters. The average molecular weight is 359 g/mol. The second kappa shape index (κ2) is 6.53. The third-order valence-corrected chi connectivity index (χ3v) is 8.32. The van der Waals surface area contributed by atoms with Gasteiger partial charge in [0.1, 0.15) is 0 Å². The Bertz CT molecular complexity index is 635. The Hall–Kier alpha value is -0.610. The molecule has 0 radical (unpaired) electrons. The third-order valence-electron chi connectivity index (χ3n) is 5.49. The maximum atomic E-state index is 2.54. The van der Waals surface area contributed by atoms with Gasteiger partial charge >= 0.3 is 0 Å². The number of benzene rings is 1. The highest BCUT2D eigenvalue weighted by atomic mass is 31.1. The molecule has 0 aliphatic carbocycles. The lowest BCUT2D eigenvalue weighted by Crippen LogP contribution is -2.32. The van der Waals surface area contributed by atoms with Crippen molar-refractivity contribution in [1.82, 2.24) is 0 Å². The van der Waals surface area contributed by atoms with Gasteiger partial charge in [-0.2, -0.15) is 0 Å². The van der Waals surface area contributed by atoms with Crippen LogP contribution in [0.2, 0.25) is 0 Å². The van der Waals surface area contributed by atoms with Crippen molar-refractivity contribution in [3.05, 3.63) is 40.0 Å². The number of allylic oxidation sites excluding steroid dienone is 2. The number of rotatable bonds is 1. The fourth-order valence-corrected chi connectivity index (χ4v) is 7.20. The zero-order chi connectivity index (χ0) is 19.4. The molecule has 0 amide bonds. The van der Waals surface area contributed by atoms with E-state index in [2.05, 4.69) is 88.3 Å². The summed E-state index contributed by atoms with van der Waals surface area (Å²) in [5.41, 5.74) is 8.49. The van der Waals surface area contributed by atoms with Gasteiger partial charge in [0.25, 0.3) is 0 Å². The van der Waals surface area contributed by atoms with E-state index in [1.807, 2.05) is 0 Å². The Balaban J connectivity index is 2.79. The van der Waals surface area contributed by atoms with Crippen molar-refractivity contribution < 1.29 is 0 Å². The molecule has 0 fully saturated rings. The maximum absolute atomic E-state index is 2.54. The summed E-state index contributed by atoms with van der Waals surface area (Å²) in [7, 11) is -0.111. The van der Waals surface area contributed by atoms with Gasteiger partial charge in [-0.05, 0) is 64.4 Å². The van der Waals surface area contributed by atoms with E-state index >= 15 is 0 Å². The van der Waals surface area contributed by atoms with Crippen molar-refractivity contribution >= 4 is 13.2 Å². The summed E-state index contributed by atoms with van der Waals surface area (Å²) in [6, 6.07) is 5.08. The molecule has 25 heavy (non-hydrogen) atoms. The van der Waals surface area contributed by atoms with Crippen LogP contribution in [-0.2, 0) is 16.2 Å². The zero-order valence-corrected chi connectivity index (χ0v) is 19.4. The van der Waals surface area contributed by atoms with Crippen molar-refractivity contribution in [2.45, 2.75) is 92.4 Å². The topological polar surface area (TPSA) is 0 Å². The molecule has 1 heteroatoms. The first kappa shape index (κ1) is 20.7. The van der Waals surface area contributed by atoms with Gasteiger partial charge in [-0.3, -0.25) is 0 Å². The van der Waals surface area contributed by atoms with Crippen LogP contribution in [0.4, 0.5) is 0 Å². The highest BCUT2D eigenvalue weighted by Crippen LogP contribution is 2.50. The second-order valence-electron chi connectivity index (χ2n) is 11.1. The molecule has 0 spiro atoms. The van der Waals surface area contributed by atoms with Crippen molar-refractivity contribution in [3.8, 4) is 0 Å². The summed E-state index contributed by atoms with van der Waals surface area (Å²) in [5, 5.41) is 1.71. The molecule has 1 aromatic carbocycles. The van der Waals surface area contributed by atoms with Crippen molar-refractivity contribution in [2.24, 2.45) is 0 Å². The van der Waals surface area contributed by atoms with Gasteiger partial charge in [0.15, 0.2) is 0 Å². The van der Waals surface area contributed by atoms with Gasteiger partial charge in [0.2, 0.25) is 0 Å². The van der Waals surface area contributed by atoms with Crippen molar-refractivity contribution in [3.63, 3.8) is 0 Å². The van der Waals surface area contributed by atoms with Crippen LogP contribution in [0.1, 0.15) is 92.9 Å². The van der Waals surface area contributed by atoms with E-state index < -0.39 is 0 Å². The Morgan fingerprint density at radius 2 is 1.00 bits per heavy atom. The summed E-state index contributed by atoms with van der Waals surface area (Å²) >= 11 is 0. The van der Waals surface area contributed by atoms with Crippen LogP contribution < -0.4 is 5.30 Å². The Morgan fingerprint density at radius 3 is 1.28 bits per heavy atom. The molecule has 1 aromatic rings. The van der Waals surface area contributed by atoms with Crippen LogP contribution in [0, 0.1) is 0 Å². The fourth-order valence-electron chi connectivity index (χ4n) is 3.61. The molecule has 0 N–H and O–H groups in total. The molecule has 2 rings (SSSR count). The van der Waals surface area contributed by atoms with Gasteiger partial charge in [-0.25, -0.2) is 0 Å². The normalized spacial score (nSPS) is 17.6. The summed E-state index contributed by atoms with van der Waals surface area (Å²) in [4.78, 5) is 0. The molecule has 0 aromatic heterocycles. The SMILES string of the molecule is CC1=C(C)CP(c2c(C(C)(C)C)cc(C(C)(C)C)cc2C(C)(C)C)C1. The van der Waals surface area contributed by atoms with Crippen LogP contribution in [0.5, 0.6) is 0 Å². The summed E-state index contributed by atoms with van der Waals surface area (Å²) in [6.45, 7) is 26.1. The monoisotopic (exact) mass is 358 g/mol. The molecule has 0 bridgehead atoms. The van der Waals surface area contributed by atoms with Crippen LogP contribution in [-0.4, -0.2) is 12.3 Å². The third kappa shape index (κ3) is 4.39. The molecule has 0 saturated carbocycles. The lowest BCUT2D eigenvalue weighted by Gasteiger charge is -2.36. The second-order valence-corrected chi connectivity index (χ2v) is 13.2. The van der Waals surface area contributed by atoms with Crippen LogP contribution in [0.15, 0.2) is 23.3 Å². The number of hydrogen-bond acceptors (Lipinski definition) is 0. The van der Waals surface area contributed by atoms with E-state index in [1.165, 1.54) is 17.9 Å². The Labute approximate surface area is 158 Å². The molecule has 0 nitrogen and oxygen atoms in total. The lowest BCUT2D eigenvalue weighted by molar-refractivity contribution is 0.553. The van der Waals surface area contributed by atoms with Crippen LogP contribution in [0.25, 0.3) is 0 Å². The standard InChI is InChI=1S/C24H39P/c1-16-14-25(15-17(16)2)21-19(23(6,7)8)12-18(22(3,4)5)13-20(21)24(9,10)11/h12-13H,14-15H2,1-11H3. The van der Waals surface area contributed by atoms with E-state index in [4.69, 9.17) is 0 Å². The molecule has 1 aliphatic heterocycles. The summed E-state index contributed by atoms with van der Waals surface area (Å²) in [6.07, 6.45) is 2.59. The first-order valence-electron chi connectivity index (χ1n) is 9.72. The van der Waals surface area contributed by atoms with Gasteiger partial charge in [0.05, 0.1) is 0 Å². The minimum Gasteiger partial charge on any atom is -0.0694 e. The largest absolute Gasteiger partial charge is 0.0694 e. The molecular formula is C24H39P. The first-order valence-corrected chi connectivity index (χ1v) is 11.4. The fraction of sp³-hybridized carbons (Fsp3) is 0.667. The predicted molar refractivity (Wildman–Crippen MR) is 117 cm³/mol. The summed E-state index contributed by atoms with van der Waals surface area (Å²) in [5.74, 6) is 0. The van der Waals surface area contributed by atoms with Gasteiger partial charge in [-0.15, -0.1) is 0 Å². The Kier molecular flexibility index (Phi) is 5.40. The van der Waals surface area contributed by atoms with Gasteiger partial charge in [0, 0.05) is 0 Å². The molecule has 140 valence electrons. The number of hydrogen-bond donors (Lipinski definition) is 0. The predicted octanol–water partition coefficient (Wildman–Crippen LogP) is 7.04. The van der Waals surface area contributed by atoms with Crippen molar-refractivity contribution in [2.75, 3.05) is 12.3 Å². The average Bonchev–Trinajstić information content (AvgIpc) is 2.74. The van der Waals surface area contributed by atoms with Crippen LogP contribution >= 0.6 is 7.92 Å². The Morgan fingerprint density at radius 1 is 0.640 bits per heavy atom. The van der Waals surface area contributed by atoms with E-state index in [1.54, 1.807) is 27.6 Å². The quantitative estimate of drug-likeness (QED) is 0.373. The van der Waals surface area contributed by atoms with Crippen LogP contribution in [0.3, 0.4) is 0 Å². The highest BCUT2D eigenvalue weighted by Gasteiger charge is 2.33. The zero-order valence-electron chi connectivity index (χ0n) is 18.5. The molecule has 1 heterocycles. The molecule has 1 aliphatic rings. The molecule has 0 saturated heterocycles. The van der Waals surface area contributed by atoms with E-state index in [-0.39, 0.29) is 24.2 Å². The summed E-state index contributed by atoms with van der Waals surface area (Å²) < 4.78 is 0. The van der Waals surface area contributed by atoms with Crippen molar-refractivity contribution in [1.29, 1.82) is 0 Å². The molecular weight excluding hydrogens is 319 g/mol. The minimum absolute atomic E-state index is 0.111. The van der Waals surface area contributed by atoms with E-state index in [0.29, 0.717) is 0 Å². The maximum Gasteiger partial charge on any atom is -0.00711 e. The van der Waals surface area contributed by atoms with E-state index in [0.717, 1.165) is 0 Å². The minimum atomic E-state index is -0.111. The van der Waals surface area contributed by atoms with Gasteiger partial charge < -0.3 is 0 Å².